The molecule has 182 valence electrons. The van der Waals surface area contributed by atoms with E-state index in [0.29, 0.717) is 53.3 Å². The van der Waals surface area contributed by atoms with Crippen LogP contribution in [0.5, 0.6) is 0 Å². The zero-order valence-corrected chi connectivity index (χ0v) is 19.6. The standard InChI is InChI=1S/C25H32N10/c26-17-9-11-18(12-10-17)31-24-33-22(29)21-23(34-24)35(14-15-5-2-1-3-6-15)25(32-21)30-13-16-7-4-8-19(27)20(16)28/h1-8,17-18H,9-14,26-28H2,(H,30,32)(H3,29,31,33,34). The SMILES string of the molecule is Nc1cccc(CNc2nc3c(N)nc(NC4CCC(N)CC4)nc3n2Cc2ccccc2)c1N. The average Bonchev–Trinajstić information content (AvgIpc) is 3.20. The predicted octanol–water partition coefficient (Wildman–Crippen LogP) is 2.92. The summed E-state index contributed by atoms with van der Waals surface area (Å²) >= 11 is 0. The summed E-state index contributed by atoms with van der Waals surface area (Å²) in [6.45, 7) is 1.02. The zero-order chi connectivity index (χ0) is 24.4. The van der Waals surface area contributed by atoms with Crippen LogP contribution in [0.2, 0.25) is 0 Å². The molecule has 4 aromatic rings. The van der Waals surface area contributed by atoms with Gasteiger partial charge in [-0.15, -0.1) is 0 Å². The van der Waals surface area contributed by atoms with Gasteiger partial charge in [-0.1, -0.05) is 42.5 Å². The summed E-state index contributed by atoms with van der Waals surface area (Å²) in [6.07, 6.45) is 3.95. The number of nitrogens with two attached hydrogens (primary N) is 4. The molecule has 0 atom stereocenters. The predicted molar refractivity (Wildman–Crippen MR) is 142 cm³/mol. The molecule has 0 bridgehead atoms. The molecule has 10 heteroatoms. The first-order valence-electron chi connectivity index (χ1n) is 11.9. The van der Waals surface area contributed by atoms with Gasteiger partial charge >= 0.3 is 0 Å². The number of nitrogens with one attached hydrogen (secondary N) is 2. The van der Waals surface area contributed by atoms with E-state index in [1.54, 1.807) is 6.07 Å². The van der Waals surface area contributed by atoms with Crippen LogP contribution >= 0.6 is 0 Å². The normalized spacial score (nSPS) is 18.0. The monoisotopic (exact) mass is 472 g/mol. The van der Waals surface area contributed by atoms with Gasteiger partial charge in [0.25, 0.3) is 0 Å². The first kappa shape index (κ1) is 22.7. The van der Waals surface area contributed by atoms with Gasteiger partial charge in [-0.2, -0.15) is 9.97 Å². The average molecular weight is 473 g/mol. The quantitative estimate of drug-likeness (QED) is 0.221. The molecule has 2 heterocycles. The molecule has 0 saturated heterocycles. The van der Waals surface area contributed by atoms with Gasteiger partial charge < -0.3 is 33.6 Å². The number of hydrogen-bond acceptors (Lipinski definition) is 9. The highest BCUT2D eigenvalue weighted by Gasteiger charge is 2.22. The number of nitrogens with zero attached hydrogens (tertiary/aromatic N) is 4. The topological polar surface area (TPSA) is 172 Å². The third-order valence-corrected chi connectivity index (χ3v) is 6.58. The number of anilines is 5. The van der Waals surface area contributed by atoms with Crippen molar-refractivity contribution < 1.29 is 0 Å². The minimum Gasteiger partial charge on any atom is -0.397 e. The molecule has 0 aliphatic heterocycles. The van der Waals surface area contributed by atoms with Crippen molar-refractivity contribution in [1.29, 1.82) is 0 Å². The second-order valence-corrected chi connectivity index (χ2v) is 9.14. The summed E-state index contributed by atoms with van der Waals surface area (Å²) in [4.78, 5) is 14.1. The van der Waals surface area contributed by atoms with Crippen molar-refractivity contribution in [2.75, 3.05) is 27.8 Å². The van der Waals surface area contributed by atoms with Gasteiger partial charge in [0.15, 0.2) is 17.0 Å². The molecule has 1 aliphatic rings. The van der Waals surface area contributed by atoms with Crippen LogP contribution < -0.4 is 33.6 Å². The van der Waals surface area contributed by atoms with Gasteiger partial charge in [-0.05, 0) is 42.9 Å². The lowest BCUT2D eigenvalue weighted by Crippen LogP contribution is -2.33. The maximum atomic E-state index is 6.36. The van der Waals surface area contributed by atoms with Crippen molar-refractivity contribution in [2.24, 2.45) is 5.73 Å². The maximum Gasteiger partial charge on any atom is 0.226 e. The highest BCUT2D eigenvalue weighted by molar-refractivity contribution is 5.85. The number of imidazole rings is 1. The first-order chi connectivity index (χ1) is 17.0. The summed E-state index contributed by atoms with van der Waals surface area (Å²) in [6, 6.07) is 16.3. The molecule has 0 spiro atoms. The Morgan fingerprint density at radius 1 is 0.886 bits per heavy atom. The molecule has 1 aliphatic carbocycles. The van der Waals surface area contributed by atoms with Crippen molar-refractivity contribution >= 4 is 40.3 Å². The molecular weight excluding hydrogens is 440 g/mol. The van der Waals surface area contributed by atoms with E-state index in [0.717, 1.165) is 36.8 Å². The van der Waals surface area contributed by atoms with E-state index in [4.69, 9.17) is 32.9 Å². The van der Waals surface area contributed by atoms with Crippen molar-refractivity contribution in [2.45, 2.75) is 50.9 Å². The number of rotatable bonds is 7. The zero-order valence-electron chi connectivity index (χ0n) is 19.6. The fraction of sp³-hybridized carbons (Fsp3) is 0.320. The second kappa shape index (κ2) is 9.67. The van der Waals surface area contributed by atoms with Crippen LogP contribution in [0.15, 0.2) is 48.5 Å². The molecule has 0 unspecified atom stereocenters. The Kier molecular flexibility index (Phi) is 6.28. The Bertz CT molecular complexity index is 1310. The van der Waals surface area contributed by atoms with Crippen LogP contribution in [0, 0.1) is 0 Å². The first-order valence-corrected chi connectivity index (χ1v) is 11.9. The van der Waals surface area contributed by atoms with Gasteiger partial charge in [0, 0.05) is 18.6 Å². The van der Waals surface area contributed by atoms with Gasteiger partial charge in [0.2, 0.25) is 11.9 Å². The van der Waals surface area contributed by atoms with Crippen LogP contribution in [0.25, 0.3) is 11.2 Å². The lowest BCUT2D eigenvalue weighted by molar-refractivity contribution is 0.410. The van der Waals surface area contributed by atoms with E-state index in [1.165, 1.54) is 0 Å². The number of nitrogen functional groups attached to an aromatic ring is 3. The van der Waals surface area contributed by atoms with Crippen LogP contribution in [0.3, 0.4) is 0 Å². The molecule has 0 radical (unpaired) electrons. The molecule has 10 N–H and O–H groups in total. The Labute approximate surface area is 204 Å². The molecule has 2 aromatic carbocycles. The number of benzene rings is 2. The summed E-state index contributed by atoms with van der Waals surface area (Å²) < 4.78 is 2.02. The molecule has 35 heavy (non-hydrogen) atoms. The lowest BCUT2D eigenvalue weighted by atomic mass is 9.92. The summed E-state index contributed by atoms with van der Waals surface area (Å²) in [5, 5.41) is 6.86. The van der Waals surface area contributed by atoms with Crippen LogP contribution in [0.1, 0.15) is 36.8 Å². The summed E-state index contributed by atoms with van der Waals surface area (Å²) in [5.74, 6) is 1.48. The van der Waals surface area contributed by atoms with Crippen LogP contribution in [0.4, 0.5) is 29.1 Å². The molecular formula is C25H32N10. The van der Waals surface area contributed by atoms with Gasteiger partial charge in [-0.25, -0.2) is 4.98 Å². The highest BCUT2D eigenvalue weighted by atomic mass is 15.3. The Balaban J connectivity index is 1.49. The van der Waals surface area contributed by atoms with Crippen molar-refractivity contribution in [3.63, 3.8) is 0 Å². The molecule has 5 rings (SSSR count). The minimum atomic E-state index is 0.274. The number of fused-ring (bicyclic) bond motifs is 1. The van der Waals surface area contributed by atoms with Gasteiger partial charge in [0.1, 0.15) is 0 Å². The highest BCUT2D eigenvalue weighted by Crippen LogP contribution is 2.27. The largest absolute Gasteiger partial charge is 0.397 e. The van der Waals surface area contributed by atoms with E-state index in [9.17, 15) is 0 Å². The van der Waals surface area contributed by atoms with Gasteiger partial charge in [-0.3, -0.25) is 4.57 Å². The Morgan fingerprint density at radius 2 is 1.66 bits per heavy atom. The Morgan fingerprint density at radius 3 is 2.43 bits per heavy atom. The fourth-order valence-electron chi connectivity index (χ4n) is 4.54. The van der Waals surface area contributed by atoms with Crippen molar-refractivity contribution in [3.8, 4) is 0 Å². The molecule has 0 amide bonds. The third kappa shape index (κ3) is 4.92. The number of aromatic nitrogens is 4. The van der Waals surface area contributed by atoms with E-state index < -0.39 is 0 Å². The Hall–Kier alpha value is -4.05. The number of para-hydroxylation sites is 1. The summed E-state index contributed by atoms with van der Waals surface area (Å²) in [5.41, 5.74) is 28.9. The van der Waals surface area contributed by atoms with Crippen LogP contribution in [-0.4, -0.2) is 31.6 Å². The maximum absolute atomic E-state index is 6.36. The molecule has 2 aromatic heterocycles. The van der Waals surface area contributed by atoms with Crippen molar-refractivity contribution in [1.82, 2.24) is 19.5 Å². The molecule has 1 saturated carbocycles. The molecule has 1 fully saturated rings. The van der Waals surface area contributed by atoms with E-state index >= 15 is 0 Å². The lowest BCUT2D eigenvalue weighted by Gasteiger charge is -2.26. The van der Waals surface area contributed by atoms with Crippen LogP contribution in [-0.2, 0) is 13.1 Å². The van der Waals surface area contributed by atoms with E-state index in [2.05, 4.69) is 27.8 Å². The third-order valence-electron chi connectivity index (χ3n) is 6.58. The number of hydrogen-bond donors (Lipinski definition) is 6. The van der Waals surface area contributed by atoms with E-state index in [-0.39, 0.29) is 12.1 Å². The summed E-state index contributed by atoms with van der Waals surface area (Å²) in [7, 11) is 0. The minimum absolute atomic E-state index is 0.274. The van der Waals surface area contributed by atoms with Gasteiger partial charge in [0.05, 0.1) is 17.9 Å². The fourth-order valence-corrected chi connectivity index (χ4v) is 4.54. The second-order valence-electron chi connectivity index (χ2n) is 9.14. The molecule has 10 nitrogen and oxygen atoms in total. The smallest absolute Gasteiger partial charge is 0.226 e. The van der Waals surface area contributed by atoms with Crippen molar-refractivity contribution in [3.05, 3.63) is 59.7 Å². The van der Waals surface area contributed by atoms with E-state index in [1.807, 2.05) is 34.9 Å².